The Morgan fingerprint density at radius 2 is 1.47 bits per heavy atom. The Balaban J connectivity index is 1.33. The van der Waals surface area contributed by atoms with E-state index in [1.807, 2.05) is 42.5 Å². The van der Waals surface area contributed by atoms with Gasteiger partial charge >= 0.3 is 0 Å². The fraction of sp³-hybridized carbons (Fsp3) is 0.429. The molecule has 1 aromatic heterocycles. The van der Waals surface area contributed by atoms with Crippen LogP contribution in [-0.2, 0) is 17.8 Å². The molecule has 4 unspecified atom stereocenters. The molecule has 8 nitrogen and oxygen atoms in total. The van der Waals surface area contributed by atoms with Crippen molar-refractivity contribution < 1.29 is 14.9 Å². The molecule has 2 N–H and O–H groups in total. The Morgan fingerprint density at radius 3 is 2.03 bits per heavy atom. The molecule has 3 aromatic rings. The smallest absolute Gasteiger partial charge is 0.225 e. The van der Waals surface area contributed by atoms with Crippen LogP contribution in [0, 0.1) is 0 Å². The highest BCUT2D eigenvalue weighted by atomic mass is 35.5. The molecule has 0 amide bonds. The minimum Gasteiger partial charge on any atom is -0.394 e. The van der Waals surface area contributed by atoms with E-state index in [9.17, 15) is 10.2 Å². The third-order valence-corrected chi connectivity index (χ3v) is 7.71. The minimum absolute atomic E-state index is 0.228. The standard InChI is InChI=1S/C28H33Cl2N5O3/c29-22-6-1-4-20(14-22)16-33(17-21-5-2-7-23(30)15-21)18-24-26(27(37)25(19-36)38-24)34-10-12-35(13-11-34)28-31-8-3-9-32-28/h1-9,14-15,24-27,36-37H,10-13,16-19H2. The summed E-state index contributed by atoms with van der Waals surface area (Å²) >= 11 is 12.6. The summed E-state index contributed by atoms with van der Waals surface area (Å²) in [5, 5.41) is 22.5. The summed E-state index contributed by atoms with van der Waals surface area (Å²) in [6.07, 6.45) is 1.79. The second kappa shape index (κ2) is 12.7. The summed E-state index contributed by atoms with van der Waals surface area (Å²) in [6, 6.07) is 17.2. The number of nitrogens with zero attached hydrogens (tertiary/aromatic N) is 5. The van der Waals surface area contributed by atoms with E-state index in [0.29, 0.717) is 29.7 Å². The van der Waals surface area contributed by atoms with Crippen molar-refractivity contribution in [2.24, 2.45) is 0 Å². The van der Waals surface area contributed by atoms with Crippen LogP contribution in [0.2, 0.25) is 10.0 Å². The number of ether oxygens (including phenoxy) is 1. The van der Waals surface area contributed by atoms with E-state index in [2.05, 4.69) is 36.8 Å². The number of aromatic nitrogens is 2. The van der Waals surface area contributed by atoms with Gasteiger partial charge in [-0.2, -0.15) is 0 Å². The largest absolute Gasteiger partial charge is 0.394 e. The highest BCUT2D eigenvalue weighted by molar-refractivity contribution is 6.30. The predicted molar refractivity (Wildman–Crippen MR) is 148 cm³/mol. The van der Waals surface area contributed by atoms with Crippen LogP contribution < -0.4 is 4.90 Å². The quantitative estimate of drug-likeness (QED) is 0.415. The molecule has 0 radical (unpaired) electrons. The van der Waals surface area contributed by atoms with Crippen LogP contribution in [-0.4, -0.2) is 93.7 Å². The maximum atomic E-state index is 11.2. The number of aliphatic hydroxyl groups is 2. The fourth-order valence-corrected chi connectivity index (χ4v) is 5.91. The Labute approximate surface area is 233 Å². The van der Waals surface area contributed by atoms with Crippen LogP contribution in [0.4, 0.5) is 5.95 Å². The van der Waals surface area contributed by atoms with Gasteiger partial charge in [0, 0.05) is 68.3 Å². The lowest BCUT2D eigenvalue weighted by molar-refractivity contribution is -0.0325. The van der Waals surface area contributed by atoms with E-state index in [0.717, 1.165) is 43.3 Å². The molecule has 202 valence electrons. The summed E-state index contributed by atoms with van der Waals surface area (Å²) in [5.41, 5.74) is 2.18. The minimum atomic E-state index is -0.788. The number of piperazine rings is 1. The molecule has 2 saturated heterocycles. The Kier molecular flexibility index (Phi) is 9.12. The topological polar surface area (TPSA) is 85.2 Å². The van der Waals surface area contributed by atoms with Gasteiger partial charge in [0.2, 0.25) is 5.95 Å². The van der Waals surface area contributed by atoms with Gasteiger partial charge < -0.3 is 19.8 Å². The molecule has 0 spiro atoms. The number of anilines is 1. The molecule has 0 aliphatic carbocycles. The van der Waals surface area contributed by atoms with Crippen molar-refractivity contribution in [1.29, 1.82) is 0 Å². The lowest BCUT2D eigenvalue weighted by atomic mass is 10.0. The van der Waals surface area contributed by atoms with Gasteiger partial charge in [0.05, 0.1) is 18.8 Å². The lowest BCUT2D eigenvalue weighted by Gasteiger charge is -2.41. The molecular formula is C28H33Cl2N5O3. The van der Waals surface area contributed by atoms with Crippen molar-refractivity contribution in [3.8, 4) is 0 Å². The highest BCUT2D eigenvalue weighted by Crippen LogP contribution is 2.29. The van der Waals surface area contributed by atoms with Crippen LogP contribution in [0.5, 0.6) is 0 Å². The van der Waals surface area contributed by atoms with Gasteiger partial charge in [-0.3, -0.25) is 9.80 Å². The first kappa shape index (κ1) is 27.3. The molecule has 5 rings (SSSR count). The van der Waals surface area contributed by atoms with Crippen molar-refractivity contribution in [1.82, 2.24) is 19.8 Å². The maximum absolute atomic E-state index is 11.2. The molecule has 2 aliphatic rings. The Hall–Kier alpha value is -2.30. The normalized spacial score (nSPS) is 24.3. The first-order chi connectivity index (χ1) is 18.5. The summed E-state index contributed by atoms with van der Waals surface area (Å²) in [7, 11) is 0. The molecule has 0 saturated carbocycles. The predicted octanol–water partition coefficient (Wildman–Crippen LogP) is 3.10. The average Bonchev–Trinajstić information content (AvgIpc) is 3.23. The average molecular weight is 559 g/mol. The first-order valence-electron chi connectivity index (χ1n) is 12.9. The Morgan fingerprint density at radius 1 is 0.868 bits per heavy atom. The lowest BCUT2D eigenvalue weighted by Crippen LogP contribution is -2.57. The highest BCUT2D eigenvalue weighted by Gasteiger charge is 2.47. The van der Waals surface area contributed by atoms with Crippen LogP contribution >= 0.6 is 23.2 Å². The van der Waals surface area contributed by atoms with E-state index in [4.69, 9.17) is 27.9 Å². The van der Waals surface area contributed by atoms with Gasteiger partial charge in [-0.15, -0.1) is 0 Å². The molecule has 10 heteroatoms. The number of hydrogen-bond donors (Lipinski definition) is 2. The molecule has 38 heavy (non-hydrogen) atoms. The van der Waals surface area contributed by atoms with Crippen molar-refractivity contribution in [2.75, 3.05) is 44.2 Å². The van der Waals surface area contributed by atoms with Crippen molar-refractivity contribution in [3.63, 3.8) is 0 Å². The fourth-order valence-electron chi connectivity index (χ4n) is 5.48. The van der Waals surface area contributed by atoms with Crippen LogP contribution in [0.3, 0.4) is 0 Å². The van der Waals surface area contributed by atoms with Crippen LogP contribution in [0.25, 0.3) is 0 Å². The molecule has 4 atom stereocenters. The summed E-state index contributed by atoms with van der Waals surface area (Å²) in [5.74, 6) is 0.717. The van der Waals surface area contributed by atoms with Gasteiger partial charge in [0.25, 0.3) is 0 Å². The second-order valence-corrected chi connectivity index (χ2v) is 10.8. The van der Waals surface area contributed by atoms with Crippen molar-refractivity contribution in [2.45, 2.75) is 37.4 Å². The zero-order valence-corrected chi connectivity index (χ0v) is 22.6. The summed E-state index contributed by atoms with van der Waals surface area (Å²) in [6.45, 7) is 4.61. The van der Waals surface area contributed by atoms with E-state index in [1.54, 1.807) is 12.4 Å². The number of benzene rings is 2. The second-order valence-electron chi connectivity index (χ2n) is 9.88. The van der Waals surface area contributed by atoms with Crippen molar-refractivity contribution in [3.05, 3.63) is 88.2 Å². The number of halogens is 2. The van der Waals surface area contributed by atoms with Crippen LogP contribution in [0.15, 0.2) is 67.0 Å². The van der Waals surface area contributed by atoms with Crippen molar-refractivity contribution >= 4 is 29.2 Å². The van der Waals surface area contributed by atoms with Gasteiger partial charge in [-0.25, -0.2) is 9.97 Å². The molecule has 3 heterocycles. The maximum Gasteiger partial charge on any atom is 0.225 e. The van der Waals surface area contributed by atoms with E-state index >= 15 is 0 Å². The van der Waals surface area contributed by atoms with E-state index in [-0.39, 0.29) is 18.8 Å². The summed E-state index contributed by atoms with van der Waals surface area (Å²) in [4.78, 5) is 15.5. The monoisotopic (exact) mass is 557 g/mol. The third kappa shape index (κ3) is 6.63. The Bertz CT molecular complexity index is 1130. The van der Waals surface area contributed by atoms with Gasteiger partial charge in [-0.05, 0) is 41.5 Å². The number of rotatable bonds is 9. The molecule has 2 aliphatic heterocycles. The number of aliphatic hydroxyl groups excluding tert-OH is 2. The molecule has 0 bridgehead atoms. The molecule has 2 fully saturated rings. The van der Waals surface area contributed by atoms with Gasteiger partial charge in [-0.1, -0.05) is 47.5 Å². The molecule has 2 aromatic carbocycles. The SMILES string of the molecule is OCC1OC(CN(Cc2cccc(Cl)c2)Cc2cccc(Cl)c2)C(N2CCN(c3ncccn3)CC2)C1O. The van der Waals surface area contributed by atoms with Gasteiger partial charge in [0.15, 0.2) is 0 Å². The molecular weight excluding hydrogens is 525 g/mol. The van der Waals surface area contributed by atoms with Gasteiger partial charge in [0.1, 0.15) is 12.2 Å². The zero-order valence-electron chi connectivity index (χ0n) is 21.1. The van der Waals surface area contributed by atoms with Crippen LogP contribution in [0.1, 0.15) is 11.1 Å². The summed E-state index contributed by atoms with van der Waals surface area (Å²) < 4.78 is 6.28. The van der Waals surface area contributed by atoms with E-state index < -0.39 is 12.2 Å². The third-order valence-electron chi connectivity index (χ3n) is 7.24. The first-order valence-corrected chi connectivity index (χ1v) is 13.7. The zero-order chi connectivity index (χ0) is 26.5. The number of hydrogen-bond acceptors (Lipinski definition) is 8. The van der Waals surface area contributed by atoms with E-state index in [1.165, 1.54) is 0 Å².